The normalized spacial score (nSPS) is 11.8. The van der Waals surface area contributed by atoms with Crippen molar-refractivity contribution in [3.63, 3.8) is 0 Å². The van der Waals surface area contributed by atoms with E-state index < -0.39 is 0 Å². The molecule has 0 amide bonds. The average molecular weight is 278 g/mol. The highest BCUT2D eigenvalue weighted by atomic mass is 16.3. The first-order valence-corrected chi connectivity index (χ1v) is 7.01. The van der Waals surface area contributed by atoms with Gasteiger partial charge in [0.2, 0.25) is 0 Å². The third-order valence-electron chi connectivity index (χ3n) is 3.59. The maximum Gasteiger partial charge on any atom is 0.160 e. The van der Waals surface area contributed by atoms with E-state index in [1.54, 1.807) is 12.3 Å². The van der Waals surface area contributed by atoms with E-state index in [4.69, 9.17) is 0 Å². The largest absolute Gasteiger partial charge is 0.506 e. The number of hydrogen-bond acceptors (Lipinski definition) is 3. The number of nitrogens with zero attached hydrogens (tertiary/aromatic N) is 2. The molecule has 3 aromatic rings. The van der Waals surface area contributed by atoms with Crippen LogP contribution in [-0.2, 0) is 5.41 Å². The predicted octanol–water partition coefficient (Wildman–Crippen LogP) is 4.30. The number of pyridine rings is 2. The summed E-state index contributed by atoms with van der Waals surface area (Å²) < 4.78 is 0. The number of hydrogen-bond donors (Lipinski definition) is 1. The molecule has 21 heavy (non-hydrogen) atoms. The van der Waals surface area contributed by atoms with Gasteiger partial charge in [0.1, 0.15) is 11.4 Å². The summed E-state index contributed by atoms with van der Waals surface area (Å²) in [4.78, 5) is 8.72. The molecular weight excluding hydrogens is 260 g/mol. The van der Waals surface area contributed by atoms with Crippen molar-refractivity contribution in [2.45, 2.75) is 26.2 Å². The Kier molecular flexibility index (Phi) is 3.13. The van der Waals surface area contributed by atoms with Crippen molar-refractivity contribution in [2.75, 3.05) is 0 Å². The summed E-state index contributed by atoms with van der Waals surface area (Å²) in [7, 11) is 0. The molecule has 3 nitrogen and oxygen atoms in total. The lowest BCUT2D eigenvalue weighted by Gasteiger charge is -2.19. The third kappa shape index (κ3) is 2.59. The molecule has 0 bridgehead atoms. The molecule has 0 aliphatic carbocycles. The molecule has 2 aromatic heterocycles. The molecule has 0 radical (unpaired) electrons. The third-order valence-corrected chi connectivity index (χ3v) is 3.59. The fourth-order valence-corrected chi connectivity index (χ4v) is 2.33. The van der Waals surface area contributed by atoms with Crippen LogP contribution < -0.4 is 0 Å². The number of aromatic hydroxyl groups is 1. The van der Waals surface area contributed by atoms with Gasteiger partial charge < -0.3 is 5.11 Å². The van der Waals surface area contributed by atoms with Crippen molar-refractivity contribution in [3.8, 4) is 17.0 Å². The van der Waals surface area contributed by atoms with Crippen LogP contribution in [-0.4, -0.2) is 15.1 Å². The molecule has 0 atom stereocenters. The monoisotopic (exact) mass is 278 g/mol. The van der Waals surface area contributed by atoms with Crippen molar-refractivity contribution in [2.24, 2.45) is 0 Å². The molecule has 3 heteroatoms. The van der Waals surface area contributed by atoms with Gasteiger partial charge in [0, 0.05) is 17.1 Å². The first-order valence-electron chi connectivity index (χ1n) is 7.01. The Labute approximate surface area is 124 Å². The highest BCUT2D eigenvalue weighted by Crippen LogP contribution is 2.31. The zero-order valence-electron chi connectivity index (χ0n) is 12.5. The van der Waals surface area contributed by atoms with Gasteiger partial charge in [-0.2, -0.15) is 0 Å². The standard InChI is InChI=1S/C18H18N2O/c1-18(2,3)14-8-6-12(7-9-14)16-15(21)11-13-5-4-10-19-17(13)20-16/h4-11,21H,1-3H3. The maximum absolute atomic E-state index is 10.2. The van der Waals surface area contributed by atoms with E-state index in [2.05, 4.69) is 42.9 Å². The number of fused-ring (bicyclic) bond motifs is 1. The predicted molar refractivity (Wildman–Crippen MR) is 85.3 cm³/mol. The van der Waals surface area contributed by atoms with Gasteiger partial charge in [0.05, 0.1) is 0 Å². The molecular formula is C18H18N2O. The average Bonchev–Trinajstić information content (AvgIpc) is 2.46. The molecule has 106 valence electrons. The smallest absolute Gasteiger partial charge is 0.160 e. The van der Waals surface area contributed by atoms with Crippen LogP contribution in [0.15, 0.2) is 48.7 Å². The Morgan fingerprint density at radius 3 is 2.38 bits per heavy atom. The summed E-state index contributed by atoms with van der Waals surface area (Å²) in [6.07, 6.45) is 1.71. The zero-order chi connectivity index (χ0) is 15.0. The molecule has 0 saturated heterocycles. The Morgan fingerprint density at radius 1 is 1.00 bits per heavy atom. The van der Waals surface area contributed by atoms with E-state index in [0.717, 1.165) is 10.9 Å². The lowest BCUT2D eigenvalue weighted by atomic mass is 9.86. The van der Waals surface area contributed by atoms with Crippen LogP contribution in [0.4, 0.5) is 0 Å². The number of rotatable bonds is 1. The molecule has 1 N–H and O–H groups in total. The maximum atomic E-state index is 10.2. The summed E-state index contributed by atoms with van der Waals surface area (Å²) >= 11 is 0. The van der Waals surface area contributed by atoms with Gasteiger partial charge in [-0.3, -0.25) is 0 Å². The van der Waals surface area contributed by atoms with Crippen molar-refractivity contribution >= 4 is 11.0 Å². The first-order chi connectivity index (χ1) is 9.95. The Morgan fingerprint density at radius 2 is 1.71 bits per heavy atom. The molecule has 0 fully saturated rings. The van der Waals surface area contributed by atoms with E-state index in [9.17, 15) is 5.11 Å². The quantitative estimate of drug-likeness (QED) is 0.722. The minimum atomic E-state index is 0.110. The summed E-state index contributed by atoms with van der Waals surface area (Å²) in [5.74, 6) is 0.180. The van der Waals surface area contributed by atoms with Crippen LogP contribution in [0, 0.1) is 0 Å². The lowest BCUT2D eigenvalue weighted by molar-refractivity contribution is 0.476. The minimum absolute atomic E-state index is 0.110. The zero-order valence-corrected chi connectivity index (χ0v) is 12.5. The topological polar surface area (TPSA) is 46.0 Å². The molecule has 0 saturated carbocycles. The van der Waals surface area contributed by atoms with Crippen LogP contribution in [0.1, 0.15) is 26.3 Å². The van der Waals surface area contributed by atoms with Crippen LogP contribution in [0.25, 0.3) is 22.3 Å². The molecule has 3 rings (SSSR count). The van der Waals surface area contributed by atoms with E-state index in [-0.39, 0.29) is 11.2 Å². The lowest BCUT2D eigenvalue weighted by Crippen LogP contribution is -2.10. The molecule has 2 heterocycles. The van der Waals surface area contributed by atoms with Gasteiger partial charge in [-0.1, -0.05) is 45.0 Å². The van der Waals surface area contributed by atoms with Gasteiger partial charge in [-0.15, -0.1) is 0 Å². The highest BCUT2D eigenvalue weighted by Gasteiger charge is 2.14. The first kappa shape index (κ1) is 13.6. The Balaban J connectivity index is 2.09. The van der Waals surface area contributed by atoms with Crippen molar-refractivity contribution in [3.05, 3.63) is 54.2 Å². The summed E-state index contributed by atoms with van der Waals surface area (Å²) in [6.45, 7) is 6.53. The second kappa shape index (κ2) is 4.85. The molecule has 0 unspecified atom stereocenters. The second-order valence-corrected chi connectivity index (χ2v) is 6.23. The van der Waals surface area contributed by atoms with E-state index in [0.29, 0.717) is 11.3 Å². The minimum Gasteiger partial charge on any atom is -0.506 e. The summed E-state index contributed by atoms with van der Waals surface area (Å²) in [5.41, 5.74) is 3.48. The van der Waals surface area contributed by atoms with E-state index >= 15 is 0 Å². The van der Waals surface area contributed by atoms with Gasteiger partial charge in [0.25, 0.3) is 0 Å². The van der Waals surface area contributed by atoms with Gasteiger partial charge in [0.15, 0.2) is 5.65 Å². The van der Waals surface area contributed by atoms with Crippen LogP contribution in [0.5, 0.6) is 5.75 Å². The van der Waals surface area contributed by atoms with Crippen molar-refractivity contribution in [1.82, 2.24) is 9.97 Å². The molecule has 0 aliphatic rings. The van der Waals surface area contributed by atoms with E-state index in [1.807, 2.05) is 24.3 Å². The van der Waals surface area contributed by atoms with Crippen molar-refractivity contribution in [1.29, 1.82) is 0 Å². The van der Waals surface area contributed by atoms with Gasteiger partial charge in [-0.25, -0.2) is 9.97 Å². The van der Waals surface area contributed by atoms with Crippen LogP contribution in [0.2, 0.25) is 0 Å². The molecule has 1 aromatic carbocycles. The second-order valence-electron chi connectivity index (χ2n) is 6.23. The fraction of sp³-hybridized carbons (Fsp3) is 0.222. The van der Waals surface area contributed by atoms with Crippen LogP contribution in [0.3, 0.4) is 0 Å². The summed E-state index contributed by atoms with van der Waals surface area (Å²) in [5, 5.41) is 11.0. The van der Waals surface area contributed by atoms with Gasteiger partial charge >= 0.3 is 0 Å². The van der Waals surface area contributed by atoms with Crippen molar-refractivity contribution < 1.29 is 5.11 Å². The Hall–Kier alpha value is -2.42. The number of aromatic nitrogens is 2. The van der Waals surface area contributed by atoms with Crippen LogP contribution >= 0.6 is 0 Å². The number of benzene rings is 1. The molecule has 0 spiro atoms. The SMILES string of the molecule is CC(C)(C)c1ccc(-c2nc3ncccc3cc2O)cc1. The van der Waals surface area contributed by atoms with Gasteiger partial charge in [-0.05, 0) is 29.2 Å². The fourth-order valence-electron chi connectivity index (χ4n) is 2.33. The summed E-state index contributed by atoms with van der Waals surface area (Å²) in [6, 6.07) is 13.6. The molecule has 0 aliphatic heterocycles. The van der Waals surface area contributed by atoms with E-state index in [1.165, 1.54) is 5.56 Å². The Bertz CT molecular complexity index is 786. The highest BCUT2D eigenvalue weighted by molar-refractivity contribution is 5.81.